The van der Waals surface area contributed by atoms with Crippen LogP contribution in [0, 0.1) is 18.6 Å². The molecule has 0 unspecified atom stereocenters. The van der Waals surface area contributed by atoms with Crippen LogP contribution < -0.4 is 21.4 Å². The Kier molecular flexibility index (Phi) is 26.8. The largest absolute Gasteiger partial charge is 0.383 e. The number of fused-ring (bicyclic) bond motifs is 8. The number of hydrazine groups is 1. The lowest BCUT2D eigenvalue weighted by atomic mass is 10.0. The topological polar surface area (TPSA) is 178 Å². The summed E-state index contributed by atoms with van der Waals surface area (Å²) >= 11 is 26.1. The molecular formula is C92H76Cl3F2N9O5S5. The van der Waals surface area contributed by atoms with Gasteiger partial charge in [-0.25, -0.2) is 33.8 Å². The van der Waals surface area contributed by atoms with Gasteiger partial charge in [-0.1, -0.05) is 167 Å². The van der Waals surface area contributed by atoms with Crippen LogP contribution in [0.1, 0.15) is 131 Å². The third-order valence-corrected chi connectivity index (χ3v) is 24.9. The molecule has 0 saturated carbocycles. The Labute approximate surface area is 708 Å². The van der Waals surface area contributed by atoms with E-state index in [1.54, 1.807) is 102 Å². The second-order valence-electron chi connectivity index (χ2n) is 27.8. The lowest BCUT2D eigenvalue weighted by Gasteiger charge is -2.16. The lowest BCUT2D eigenvalue weighted by Crippen LogP contribution is -2.39. The molecule has 17 rings (SSSR count). The molecule has 0 spiro atoms. The number of nitrogens with zero attached hydrogens (tertiary/aromatic N) is 5. The van der Waals surface area contributed by atoms with E-state index < -0.39 is 11.6 Å². The van der Waals surface area contributed by atoms with Gasteiger partial charge in [-0.3, -0.25) is 24.6 Å². The van der Waals surface area contributed by atoms with Crippen LogP contribution in [0.5, 0.6) is 0 Å². The molecule has 0 aliphatic carbocycles. The zero-order valence-corrected chi connectivity index (χ0v) is 70.0. The maximum absolute atomic E-state index is 14.8. The Morgan fingerprint density at radius 2 is 0.793 bits per heavy atom. The number of aliphatic imine (C=N–C) groups is 4. The molecule has 116 heavy (non-hydrogen) atoms. The number of ether oxygens (including phenoxy) is 1. The molecule has 11 aromatic carbocycles. The van der Waals surface area contributed by atoms with E-state index in [4.69, 9.17) is 59.5 Å². The van der Waals surface area contributed by atoms with Crippen molar-refractivity contribution < 1.29 is 32.7 Å². The number of carbonyl (C=O) groups is 4. The van der Waals surface area contributed by atoms with Crippen molar-refractivity contribution in [1.82, 2.24) is 26.4 Å². The summed E-state index contributed by atoms with van der Waals surface area (Å²) in [6.45, 7) is 12.5. The van der Waals surface area contributed by atoms with Gasteiger partial charge in [0.25, 0.3) is 23.6 Å². The van der Waals surface area contributed by atoms with Crippen LogP contribution in [0.3, 0.4) is 0 Å². The molecule has 0 bridgehead atoms. The quantitative estimate of drug-likeness (QED) is 0.0766. The number of carbonyl (C=O) groups excluding carboxylic acids is 4. The Morgan fingerprint density at radius 1 is 0.422 bits per heavy atom. The summed E-state index contributed by atoms with van der Waals surface area (Å²) < 4.78 is 34.5. The number of amides is 4. The summed E-state index contributed by atoms with van der Waals surface area (Å²) in [5, 5.41) is 14.1. The van der Waals surface area contributed by atoms with Crippen LogP contribution in [0.4, 0.5) is 31.5 Å². The molecule has 5 aliphatic heterocycles. The fourth-order valence-corrected chi connectivity index (χ4v) is 18.4. The second kappa shape index (κ2) is 37.8. The minimum Gasteiger partial charge on any atom is -0.383 e. The first-order valence-corrected chi connectivity index (χ1v) is 42.6. The number of thiophene rings is 1. The molecule has 1 aromatic heterocycles. The summed E-state index contributed by atoms with van der Waals surface area (Å²) in [5.41, 5.74) is 17.8. The van der Waals surface area contributed by atoms with Crippen LogP contribution in [0.15, 0.2) is 301 Å². The fraction of sp³-hybridized carbons (Fsp3) is 0.152. The van der Waals surface area contributed by atoms with Crippen LogP contribution in [0.2, 0.25) is 15.1 Å². The van der Waals surface area contributed by atoms with Gasteiger partial charge in [0, 0.05) is 154 Å². The van der Waals surface area contributed by atoms with Gasteiger partial charge in [-0.2, -0.15) is 0 Å². The summed E-state index contributed by atoms with van der Waals surface area (Å²) in [6, 6.07) is 73.5. The molecule has 1 fully saturated rings. The number of halogens is 5. The van der Waals surface area contributed by atoms with Crippen molar-refractivity contribution in [2.45, 2.75) is 98.7 Å². The van der Waals surface area contributed by atoms with E-state index in [1.165, 1.54) is 39.2 Å². The fourth-order valence-electron chi connectivity index (χ4n) is 13.0. The van der Waals surface area contributed by atoms with E-state index in [0.717, 1.165) is 111 Å². The van der Waals surface area contributed by atoms with Gasteiger partial charge >= 0.3 is 0 Å². The Balaban J connectivity index is 0.000000128. The van der Waals surface area contributed by atoms with Crippen molar-refractivity contribution in [2.75, 3.05) is 33.4 Å². The number of rotatable bonds is 14. The molecule has 12 aromatic rings. The predicted molar refractivity (Wildman–Crippen MR) is 470 cm³/mol. The molecule has 24 heteroatoms. The van der Waals surface area contributed by atoms with E-state index in [1.807, 2.05) is 166 Å². The predicted octanol–water partition coefficient (Wildman–Crippen LogP) is 23.3. The Bertz CT molecular complexity index is 5910. The number of aryl methyl sites for hydroxylation is 1. The van der Waals surface area contributed by atoms with Gasteiger partial charge in [0.05, 0.1) is 57.1 Å². The van der Waals surface area contributed by atoms with Crippen molar-refractivity contribution in [3.63, 3.8) is 0 Å². The maximum Gasteiger partial charge on any atom is 0.265 e. The second-order valence-corrected chi connectivity index (χ2v) is 34.4. The van der Waals surface area contributed by atoms with E-state index in [-0.39, 0.29) is 35.7 Å². The van der Waals surface area contributed by atoms with Crippen molar-refractivity contribution >= 4 is 162 Å². The van der Waals surface area contributed by atoms with Gasteiger partial charge in [-0.05, 0) is 210 Å². The minimum atomic E-state index is -0.446. The molecule has 0 radical (unpaired) electrons. The average Bonchev–Trinajstić information content (AvgIpc) is 1.64. The minimum absolute atomic E-state index is 0.0298. The van der Waals surface area contributed by atoms with E-state index in [2.05, 4.69) is 76.1 Å². The molecule has 6 heterocycles. The highest BCUT2D eigenvalue weighted by Gasteiger charge is 2.28. The Morgan fingerprint density at radius 3 is 1.19 bits per heavy atom. The number of methoxy groups -OCH3 is 1. The number of hydrogen-bond acceptors (Lipinski definition) is 15. The summed E-state index contributed by atoms with van der Waals surface area (Å²) in [5.74, 6) is -1.41. The van der Waals surface area contributed by atoms with Crippen molar-refractivity contribution in [3.05, 3.63) is 340 Å². The lowest BCUT2D eigenvalue weighted by molar-refractivity contribution is 0.0824. The first-order chi connectivity index (χ1) is 56.2. The first-order valence-electron chi connectivity index (χ1n) is 37.3. The van der Waals surface area contributed by atoms with E-state index in [9.17, 15) is 28.0 Å². The molecular weight excluding hydrogens is 1620 g/mol. The standard InChI is InChI=1S/C24H20ClN3OS.C23H18ClFN2O2S.C23H18ClFN2OS.C22H20N2OS2/c25-18-10-7-16(8-11-18)23-19-5-1-2-6-21(19)30-22-12-9-17(15-20(22)26-23)24(29)27-28-13-3-4-14-28;1-29-11-10-26-23(28)14-6-9-21-19(12-14)27-22(16-8-7-15(24)13-18(16)25)17-4-2-3-5-20(17)30-21;1-13(2)26-23(28)14-7-10-21-19(11-14)27-22(16-9-8-15(24)12-18(16)25)17-5-3-4-6-20(17)29-21;1-13(2)23-22(25)15-8-9-19-17(12-15)24-20(21-14(3)10-11-26-21)16-6-4-5-7-18(16)27-19/h1-2,5-12,15H,3-4,13-14H2,(H,27,29);2-9,12-13H,10-11H2,1H3,(H,26,28);3-13H,1-2H3,(H,26,28);4-13H,1-3H3,(H,23,25). The SMILES string of the molecule is CC(C)NC(=O)c1ccc2c(c1)N=C(c1ccc(Cl)cc1F)c1ccccc1S2.COCCNC(=O)c1ccc2c(c1)N=C(c1ccc(Cl)cc1F)c1ccccc1S2.Cc1ccsc1C1=Nc2cc(C(=O)NC(C)C)ccc2Sc2ccccc21.O=C(NN1CCCC1)c1ccc2c(c1)N=C(c1ccc(Cl)cc1)c1ccccc1S2. The van der Waals surface area contributed by atoms with Gasteiger partial charge in [0.2, 0.25) is 0 Å². The number of benzene rings is 11. The van der Waals surface area contributed by atoms with Crippen molar-refractivity contribution in [3.8, 4) is 0 Å². The molecule has 1 saturated heterocycles. The average molecular weight is 1690 g/mol. The van der Waals surface area contributed by atoms with Gasteiger partial charge in [-0.15, -0.1) is 11.3 Å². The smallest absolute Gasteiger partial charge is 0.265 e. The number of nitrogens with one attached hydrogen (secondary N) is 4. The van der Waals surface area contributed by atoms with Crippen molar-refractivity contribution in [2.24, 2.45) is 20.0 Å². The van der Waals surface area contributed by atoms with Crippen LogP contribution in [-0.4, -0.2) is 96.9 Å². The van der Waals surface area contributed by atoms with E-state index in [0.29, 0.717) is 84.4 Å². The molecule has 0 atom stereocenters. The highest BCUT2D eigenvalue weighted by molar-refractivity contribution is 8.00. The summed E-state index contributed by atoms with van der Waals surface area (Å²) in [7, 11) is 1.58. The summed E-state index contributed by atoms with van der Waals surface area (Å²) in [6.07, 6.45) is 2.24. The third-order valence-electron chi connectivity index (χ3n) is 18.6. The third kappa shape index (κ3) is 19.7. The maximum atomic E-state index is 14.8. The normalized spacial score (nSPS) is 13.4. The van der Waals surface area contributed by atoms with Crippen LogP contribution in [-0.2, 0) is 4.74 Å². The van der Waals surface area contributed by atoms with Crippen LogP contribution >= 0.6 is 93.2 Å². The summed E-state index contributed by atoms with van der Waals surface area (Å²) in [4.78, 5) is 79.1. The zero-order valence-electron chi connectivity index (χ0n) is 63.7. The first kappa shape index (κ1) is 82.3. The molecule has 4 N–H and O–H groups in total. The monoisotopic (exact) mass is 1690 g/mol. The molecule has 584 valence electrons. The zero-order chi connectivity index (χ0) is 81.1. The number of hydrogen-bond donors (Lipinski definition) is 4. The molecule has 14 nitrogen and oxygen atoms in total. The molecule has 4 amide bonds. The van der Waals surface area contributed by atoms with Crippen molar-refractivity contribution in [1.29, 1.82) is 0 Å². The van der Waals surface area contributed by atoms with Gasteiger partial charge < -0.3 is 20.7 Å². The highest BCUT2D eigenvalue weighted by Crippen LogP contribution is 2.47. The van der Waals surface area contributed by atoms with E-state index >= 15 is 0 Å². The van der Waals surface area contributed by atoms with Gasteiger partial charge in [0.1, 0.15) is 11.6 Å². The van der Waals surface area contributed by atoms with Gasteiger partial charge in [0.15, 0.2) is 0 Å². The molecule has 5 aliphatic rings. The highest BCUT2D eigenvalue weighted by atomic mass is 35.5. The van der Waals surface area contributed by atoms with Crippen LogP contribution in [0.25, 0.3) is 0 Å². The Hall–Kier alpha value is -10.3.